The molecule has 1 aliphatic carbocycles. The first-order chi connectivity index (χ1) is 11.5. The molecule has 2 rings (SSSR count). The van der Waals surface area contributed by atoms with Gasteiger partial charge < -0.3 is 10.1 Å². The molecule has 0 radical (unpaired) electrons. The highest BCUT2D eigenvalue weighted by molar-refractivity contribution is 6.02. The van der Waals surface area contributed by atoms with Crippen molar-refractivity contribution in [3.63, 3.8) is 0 Å². The highest BCUT2D eigenvalue weighted by Crippen LogP contribution is 2.24. The molecule has 5 nitrogen and oxygen atoms in total. The summed E-state index contributed by atoms with van der Waals surface area (Å²) in [5, 5.41) is 12.3. The Labute approximate surface area is 142 Å². The summed E-state index contributed by atoms with van der Waals surface area (Å²) in [4.78, 5) is 23.7. The molecule has 1 N–H and O–H groups in total. The van der Waals surface area contributed by atoms with Crippen LogP contribution in [0.2, 0.25) is 0 Å². The number of nitrogens with zero attached hydrogens (tertiary/aromatic N) is 1. The van der Waals surface area contributed by atoms with Gasteiger partial charge in [-0.3, -0.25) is 4.79 Å². The Bertz CT molecular complexity index is 671. The SMILES string of the molecule is COC(=O)c1ccc(/C=C(\C#N)C(=O)N[C@@H]2CCCC[C@H]2C)cc1. The summed E-state index contributed by atoms with van der Waals surface area (Å²) in [6.45, 7) is 2.13. The van der Waals surface area contributed by atoms with Gasteiger partial charge in [0.05, 0.1) is 12.7 Å². The topological polar surface area (TPSA) is 79.2 Å². The smallest absolute Gasteiger partial charge is 0.337 e. The Kier molecular flexibility index (Phi) is 6.14. The van der Waals surface area contributed by atoms with Crippen molar-refractivity contribution < 1.29 is 14.3 Å². The van der Waals surface area contributed by atoms with E-state index in [0.29, 0.717) is 17.0 Å². The van der Waals surface area contributed by atoms with E-state index >= 15 is 0 Å². The third kappa shape index (κ3) is 4.45. The number of carbonyl (C=O) groups is 2. The minimum absolute atomic E-state index is 0.0681. The first kappa shape index (κ1) is 17.7. The maximum atomic E-state index is 12.3. The Morgan fingerprint density at radius 2 is 1.92 bits per heavy atom. The maximum Gasteiger partial charge on any atom is 0.337 e. The lowest BCUT2D eigenvalue weighted by Gasteiger charge is -2.29. The summed E-state index contributed by atoms with van der Waals surface area (Å²) in [7, 11) is 1.32. The minimum Gasteiger partial charge on any atom is -0.465 e. The van der Waals surface area contributed by atoms with Crippen LogP contribution in [0.1, 0.15) is 48.5 Å². The molecule has 0 spiro atoms. The van der Waals surface area contributed by atoms with Crippen molar-refractivity contribution in [2.75, 3.05) is 7.11 Å². The monoisotopic (exact) mass is 326 g/mol. The molecule has 0 saturated heterocycles. The van der Waals surface area contributed by atoms with Crippen LogP contribution in [0.5, 0.6) is 0 Å². The molecule has 0 unspecified atom stereocenters. The van der Waals surface area contributed by atoms with Gasteiger partial charge in [-0.2, -0.15) is 5.26 Å². The molecule has 5 heteroatoms. The van der Waals surface area contributed by atoms with Gasteiger partial charge in [0.2, 0.25) is 0 Å². The number of nitrogens with one attached hydrogen (secondary N) is 1. The molecule has 24 heavy (non-hydrogen) atoms. The fourth-order valence-corrected chi connectivity index (χ4v) is 2.93. The van der Waals surface area contributed by atoms with E-state index in [1.807, 2.05) is 6.07 Å². The van der Waals surface area contributed by atoms with E-state index < -0.39 is 5.97 Å². The minimum atomic E-state index is -0.421. The van der Waals surface area contributed by atoms with E-state index in [1.165, 1.54) is 19.6 Å². The van der Waals surface area contributed by atoms with Gasteiger partial charge in [-0.25, -0.2) is 4.79 Å². The quantitative estimate of drug-likeness (QED) is 0.524. The molecular formula is C19H22N2O3. The first-order valence-electron chi connectivity index (χ1n) is 8.16. The fraction of sp³-hybridized carbons (Fsp3) is 0.421. The van der Waals surface area contributed by atoms with Crippen molar-refractivity contribution in [1.29, 1.82) is 5.26 Å². The van der Waals surface area contributed by atoms with Crippen LogP contribution in [0.3, 0.4) is 0 Å². The standard InChI is InChI=1S/C19H22N2O3/c1-13-5-3-4-6-17(13)21-18(22)16(12-20)11-14-7-9-15(10-8-14)19(23)24-2/h7-11,13,17H,3-6H2,1-2H3,(H,21,22)/b16-11+/t13-,17-/m1/s1. The number of hydrogen-bond acceptors (Lipinski definition) is 4. The number of ether oxygens (including phenoxy) is 1. The number of methoxy groups -OCH3 is 1. The first-order valence-corrected chi connectivity index (χ1v) is 8.16. The zero-order valence-corrected chi connectivity index (χ0v) is 14.0. The molecule has 0 bridgehead atoms. The van der Waals surface area contributed by atoms with E-state index in [0.717, 1.165) is 19.3 Å². The Hall–Kier alpha value is -2.61. The molecule has 1 aromatic rings. The van der Waals surface area contributed by atoms with Crippen LogP contribution in [0.4, 0.5) is 0 Å². The van der Waals surface area contributed by atoms with Crippen LogP contribution in [-0.2, 0) is 9.53 Å². The van der Waals surface area contributed by atoms with E-state index in [4.69, 9.17) is 0 Å². The van der Waals surface area contributed by atoms with Crippen LogP contribution in [0, 0.1) is 17.2 Å². The Morgan fingerprint density at radius 1 is 1.25 bits per heavy atom. The van der Waals surface area contributed by atoms with E-state index in [2.05, 4.69) is 17.0 Å². The number of nitriles is 1. The van der Waals surface area contributed by atoms with Crippen molar-refractivity contribution in [1.82, 2.24) is 5.32 Å². The van der Waals surface area contributed by atoms with Crippen molar-refractivity contribution in [3.05, 3.63) is 41.0 Å². The van der Waals surface area contributed by atoms with Gasteiger partial charge >= 0.3 is 5.97 Å². The van der Waals surface area contributed by atoms with E-state index in [-0.39, 0.29) is 17.5 Å². The number of rotatable bonds is 4. The predicted octanol–water partition coefficient (Wildman–Crippen LogP) is 3.08. The van der Waals surface area contributed by atoms with Gasteiger partial charge in [0.1, 0.15) is 11.6 Å². The summed E-state index contributed by atoms with van der Waals surface area (Å²) < 4.78 is 4.64. The maximum absolute atomic E-state index is 12.3. The summed E-state index contributed by atoms with van der Waals surface area (Å²) in [6.07, 6.45) is 5.89. The molecule has 1 fully saturated rings. The number of carbonyl (C=O) groups excluding carboxylic acids is 2. The third-order valence-electron chi connectivity index (χ3n) is 4.44. The van der Waals surface area contributed by atoms with Crippen molar-refractivity contribution >= 4 is 18.0 Å². The Morgan fingerprint density at radius 3 is 2.50 bits per heavy atom. The second kappa shape index (κ2) is 8.30. The largest absolute Gasteiger partial charge is 0.465 e. The second-order valence-electron chi connectivity index (χ2n) is 6.13. The molecule has 1 aliphatic rings. The summed E-state index contributed by atoms with van der Waals surface area (Å²) in [5.41, 5.74) is 1.18. The van der Waals surface area contributed by atoms with Gasteiger partial charge in [-0.1, -0.05) is 31.9 Å². The molecule has 0 aliphatic heterocycles. The van der Waals surface area contributed by atoms with Crippen molar-refractivity contribution in [3.8, 4) is 6.07 Å². The number of amides is 1. The Balaban J connectivity index is 2.09. The molecule has 126 valence electrons. The molecular weight excluding hydrogens is 304 g/mol. The van der Waals surface area contributed by atoms with Gasteiger partial charge in [0.15, 0.2) is 0 Å². The molecule has 0 heterocycles. The molecule has 1 aromatic carbocycles. The number of benzene rings is 1. The van der Waals surface area contributed by atoms with E-state index in [9.17, 15) is 14.9 Å². The zero-order valence-electron chi connectivity index (χ0n) is 14.0. The van der Waals surface area contributed by atoms with Crippen molar-refractivity contribution in [2.45, 2.75) is 38.6 Å². The average Bonchev–Trinajstić information content (AvgIpc) is 2.61. The number of hydrogen-bond donors (Lipinski definition) is 1. The fourth-order valence-electron chi connectivity index (χ4n) is 2.93. The van der Waals surface area contributed by atoms with Gasteiger partial charge in [-0.15, -0.1) is 0 Å². The van der Waals surface area contributed by atoms with Crippen LogP contribution >= 0.6 is 0 Å². The lowest BCUT2D eigenvalue weighted by molar-refractivity contribution is -0.118. The summed E-state index contributed by atoms with van der Waals surface area (Å²) in [6, 6.07) is 8.66. The van der Waals surface area contributed by atoms with Crippen LogP contribution < -0.4 is 5.32 Å². The van der Waals surface area contributed by atoms with Crippen molar-refractivity contribution in [2.24, 2.45) is 5.92 Å². The predicted molar refractivity (Wildman–Crippen MR) is 90.9 cm³/mol. The normalized spacial score (nSPS) is 20.8. The van der Waals surface area contributed by atoms with Gasteiger partial charge in [-0.05, 0) is 42.5 Å². The summed E-state index contributed by atoms with van der Waals surface area (Å²) in [5.74, 6) is -0.328. The van der Waals surface area contributed by atoms with Crippen LogP contribution in [0.25, 0.3) is 6.08 Å². The lowest BCUT2D eigenvalue weighted by atomic mass is 9.86. The van der Waals surface area contributed by atoms with Crippen LogP contribution in [-0.4, -0.2) is 25.0 Å². The second-order valence-corrected chi connectivity index (χ2v) is 6.13. The van der Waals surface area contributed by atoms with Gasteiger partial charge in [0.25, 0.3) is 5.91 Å². The molecule has 0 aromatic heterocycles. The van der Waals surface area contributed by atoms with E-state index in [1.54, 1.807) is 24.3 Å². The highest BCUT2D eigenvalue weighted by atomic mass is 16.5. The third-order valence-corrected chi connectivity index (χ3v) is 4.44. The molecule has 2 atom stereocenters. The van der Waals surface area contributed by atoms with Crippen LogP contribution in [0.15, 0.2) is 29.8 Å². The lowest BCUT2D eigenvalue weighted by Crippen LogP contribution is -2.41. The number of esters is 1. The zero-order chi connectivity index (χ0) is 17.5. The summed E-state index contributed by atoms with van der Waals surface area (Å²) >= 11 is 0. The average molecular weight is 326 g/mol. The molecule has 1 saturated carbocycles. The molecule has 1 amide bonds. The van der Waals surface area contributed by atoms with Gasteiger partial charge in [0, 0.05) is 6.04 Å². The highest BCUT2D eigenvalue weighted by Gasteiger charge is 2.24.